The van der Waals surface area contributed by atoms with E-state index in [1.54, 1.807) is 19.1 Å². The van der Waals surface area contributed by atoms with Crippen LogP contribution in [-0.2, 0) is 11.2 Å². The summed E-state index contributed by atoms with van der Waals surface area (Å²) in [5.41, 5.74) is 0.694. The summed E-state index contributed by atoms with van der Waals surface area (Å²) in [5, 5.41) is 17.6. The number of nitro groups is 1. The van der Waals surface area contributed by atoms with Crippen molar-refractivity contribution in [1.29, 1.82) is 0 Å². The number of anilines is 2. The van der Waals surface area contributed by atoms with Gasteiger partial charge >= 0.3 is 5.97 Å². The number of hydrogen-bond donors (Lipinski definition) is 2. The van der Waals surface area contributed by atoms with Crippen LogP contribution in [0.3, 0.4) is 0 Å². The first-order chi connectivity index (χ1) is 13.4. The molecule has 0 atom stereocenters. The van der Waals surface area contributed by atoms with E-state index in [0.717, 1.165) is 17.7 Å². The Morgan fingerprint density at radius 3 is 2.64 bits per heavy atom. The second-order valence-electron chi connectivity index (χ2n) is 6.39. The van der Waals surface area contributed by atoms with Crippen molar-refractivity contribution in [2.24, 2.45) is 0 Å². The van der Waals surface area contributed by atoms with E-state index in [-0.39, 0.29) is 23.9 Å². The van der Waals surface area contributed by atoms with Gasteiger partial charge in [0.25, 0.3) is 11.6 Å². The number of ether oxygens (including phenoxy) is 1. The number of rotatable bonds is 8. The van der Waals surface area contributed by atoms with Gasteiger partial charge in [-0.25, -0.2) is 4.79 Å². The molecule has 1 aromatic carbocycles. The van der Waals surface area contributed by atoms with E-state index in [9.17, 15) is 19.7 Å². The smallest absolute Gasteiger partial charge is 0.341 e. The number of nitro benzene ring substituents is 1. The van der Waals surface area contributed by atoms with Gasteiger partial charge in [-0.3, -0.25) is 14.9 Å². The molecule has 1 aromatic heterocycles. The fourth-order valence-corrected chi connectivity index (χ4v) is 3.62. The molecule has 1 saturated carbocycles. The molecule has 9 heteroatoms. The maximum Gasteiger partial charge on any atom is 0.341 e. The number of esters is 1. The van der Waals surface area contributed by atoms with Crippen molar-refractivity contribution in [2.75, 3.05) is 17.2 Å². The molecule has 0 saturated heterocycles. The van der Waals surface area contributed by atoms with Crippen LogP contribution in [0.5, 0.6) is 0 Å². The van der Waals surface area contributed by atoms with Crippen LogP contribution in [0.2, 0.25) is 0 Å². The molecular weight excluding hydrogens is 382 g/mol. The fourth-order valence-electron chi connectivity index (χ4n) is 2.64. The predicted octanol–water partition coefficient (Wildman–Crippen LogP) is 4.22. The molecule has 0 unspecified atom stereocenters. The Labute approximate surface area is 166 Å². The van der Waals surface area contributed by atoms with Gasteiger partial charge in [0, 0.05) is 22.5 Å². The van der Waals surface area contributed by atoms with Crippen molar-refractivity contribution in [1.82, 2.24) is 0 Å². The first-order valence-corrected chi connectivity index (χ1v) is 9.90. The molecule has 0 aliphatic heterocycles. The Kier molecular flexibility index (Phi) is 5.93. The quantitative estimate of drug-likeness (QED) is 0.388. The zero-order chi connectivity index (χ0) is 20.3. The fraction of sp³-hybridized carbons (Fsp3) is 0.368. The number of aryl methyl sites for hydroxylation is 1. The van der Waals surface area contributed by atoms with Crippen LogP contribution in [0.15, 0.2) is 24.3 Å². The van der Waals surface area contributed by atoms with Crippen molar-refractivity contribution in [3.8, 4) is 0 Å². The number of amides is 1. The van der Waals surface area contributed by atoms with Gasteiger partial charge in [0.2, 0.25) is 0 Å². The third-order valence-electron chi connectivity index (χ3n) is 4.25. The minimum Gasteiger partial charge on any atom is -0.462 e. The molecule has 1 amide bonds. The van der Waals surface area contributed by atoms with Crippen LogP contribution in [0.25, 0.3) is 0 Å². The number of nitrogens with one attached hydrogen (secondary N) is 2. The third-order valence-corrected chi connectivity index (χ3v) is 5.44. The van der Waals surface area contributed by atoms with Gasteiger partial charge in [-0.1, -0.05) is 6.92 Å². The number of thiophene rings is 1. The lowest BCUT2D eigenvalue weighted by atomic mass is 10.1. The Balaban J connectivity index is 1.84. The molecular formula is C19H21N3O5S. The van der Waals surface area contributed by atoms with Gasteiger partial charge < -0.3 is 15.4 Å². The minimum absolute atomic E-state index is 0.148. The van der Waals surface area contributed by atoms with Crippen molar-refractivity contribution >= 4 is 39.6 Å². The zero-order valence-electron chi connectivity index (χ0n) is 15.6. The molecule has 8 nitrogen and oxygen atoms in total. The highest BCUT2D eigenvalue weighted by Crippen LogP contribution is 2.33. The van der Waals surface area contributed by atoms with Crippen LogP contribution in [0.4, 0.5) is 16.4 Å². The number of carbonyl (C=O) groups excluding carboxylic acids is 2. The lowest BCUT2D eigenvalue weighted by molar-refractivity contribution is -0.384. The Morgan fingerprint density at radius 1 is 1.29 bits per heavy atom. The summed E-state index contributed by atoms with van der Waals surface area (Å²) in [6, 6.07) is 6.28. The standard InChI is InChI=1S/C19H21N3O5S/c1-3-13-10-14(19(24)27-4-2)18(28-13)21-17(23)11-5-8-15(20-12-6-7-12)16(9-11)22(25)26/h5,8-10,12,20H,3-4,6-7H2,1-2H3,(H,21,23). The molecule has 0 radical (unpaired) electrons. The topological polar surface area (TPSA) is 111 Å². The molecule has 2 N–H and O–H groups in total. The normalized spacial score (nSPS) is 13.1. The van der Waals surface area contributed by atoms with Gasteiger partial charge in [-0.05, 0) is 44.4 Å². The lowest BCUT2D eigenvalue weighted by Crippen LogP contribution is -2.15. The average molecular weight is 403 g/mol. The number of benzene rings is 1. The summed E-state index contributed by atoms with van der Waals surface area (Å²) in [6.45, 7) is 3.88. The molecule has 1 heterocycles. The minimum atomic E-state index is -0.517. The van der Waals surface area contributed by atoms with Crippen LogP contribution in [0.1, 0.15) is 52.3 Å². The molecule has 3 rings (SSSR count). The predicted molar refractivity (Wildman–Crippen MR) is 107 cm³/mol. The third kappa shape index (κ3) is 4.48. The largest absolute Gasteiger partial charge is 0.462 e. The van der Waals surface area contributed by atoms with Gasteiger partial charge in [0.1, 0.15) is 10.7 Å². The van der Waals surface area contributed by atoms with Crippen molar-refractivity contribution in [3.05, 3.63) is 50.4 Å². The van der Waals surface area contributed by atoms with E-state index in [1.807, 2.05) is 6.92 Å². The van der Waals surface area contributed by atoms with E-state index >= 15 is 0 Å². The van der Waals surface area contributed by atoms with Crippen molar-refractivity contribution in [2.45, 2.75) is 39.2 Å². The monoisotopic (exact) mass is 403 g/mol. The molecule has 28 heavy (non-hydrogen) atoms. The van der Waals surface area contributed by atoms with Crippen molar-refractivity contribution in [3.63, 3.8) is 0 Å². The number of nitrogens with zero attached hydrogens (tertiary/aromatic N) is 1. The van der Waals surface area contributed by atoms with E-state index in [0.29, 0.717) is 22.7 Å². The van der Waals surface area contributed by atoms with Crippen LogP contribution in [-0.4, -0.2) is 29.4 Å². The van der Waals surface area contributed by atoms with E-state index < -0.39 is 16.8 Å². The Bertz CT molecular complexity index is 920. The Morgan fingerprint density at radius 2 is 2.04 bits per heavy atom. The molecule has 1 aliphatic rings. The van der Waals surface area contributed by atoms with Crippen LogP contribution < -0.4 is 10.6 Å². The maximum atomic E-state index is 12.7. The summed E-state index contributed by atoms with van der Waals surface area (Å²) in [5.74, 6) is -1.03. The van der Waals surface area contributed by atoms with Gasteiger partial charge in [0.15, 0.2) is 0 Å². The molecule has 1 fully saturated rings. The number of carbonyl (C=O) groups is 2. The first kappa shape index (κ1) is 19.8. The van der Waals surface area contributed by atoms with Gasteiger partial charge in [-0.2, -0.15) is 0 Å². The average Bonchev–Trinajstić information content (AvgIpc) is 3.39. The van der Waals surface area contributed by atoms with Crippen LogP contribution >= 0.6 is 11.3 Å². The summed E-state index contributed by atoms with van der Waals surface area (Å²) < 4.78 is 5.04. The highest BCUT2D eigenvalue weighted by Gasteiger charge is 2.26. The summed E-state index contributed by atoms with van der Waals surface area (Å²) in [4.78, 5) is 36.6. The summed E-state index contributed by atoms with van der Waals surface area (Å²) >= 11 is 1.29. The number of hydrogen-bond acceptors (Lipinski definition) is 7. The highest BCUT2D eigenvalue weighted by molar-refractivity contribution is 7.16. The lowest BCUT2D eigenvalue weighted by Gasteiger charge is -2.09. The first-order valence-electron chi connectivity index (χ1n) is 9.09. The van der Waals surface area contributed by atoms with E-state index in [1.165, 1.54) is 23.5 Å². The summed E-state index contributed by atoms with van der Waals surface area (Å²) in [7, 11) is 0. The maximum absolute atomic E-state index is 12.7. The molecule has 2 aromatic rings. The van der Waals surface area contributed by atoms with Crippen molar-refractivity contribution < 1.29 is 19.2 Å². The Hall–Kier alpha value is -2.94. The summed E-state index contributed by atoms with van der Waals surface area (Å²) in [6.07, 6.45) is 2.67. The molecule has 0 bridgehead atoms. The van der Waals surface area contributed by atoms with E-state index in [4.69, 9.17) is 4.74 Å². The highest BCUT2D eigenvalue weighted by atomic mass is 32.1. The van der Waals surface area contributed by atoms with Gasteiger partial charge in [-0.15, -0.1) is 11.3 Å². The van der Waals surface area contributed by atoms with E-state index in [2.05, 4.69) is 10.6 Å². The second-order valence-corrected chi connectivity index (χ2v) is 7.53. The van der Waals surface area contributed by atoms with Gasteiger partial charge in [0.05, 0.1) is 17.1 Å². The molecule has 0 spiro atoms. The zero-order valence-corrected chi connectivity index (χ0v) is 16.4. The second kappa shape index (κ2) is 8.39. The SMILES string of the molecule is CCOC(=O)c1cc(CC)sc1NC(=O)c1ccc(NC2CC2)c([N+](=O)[O-])c1. The molecule has 1 aliphatic carbocycles. The van der Waals surface area contributed by atoms with Crippen LogP contribution in [0, 0.1) is 10.1 Å². The molecule has 148 valence electrons.